The first-order valence-corrected chi connectivity index (χ1v) is 6.94. The van der Waals surface area contributed by atoms with Crippen molar-refractivity contribution in [3.63, 3.8) is 0 Å². The summed E-state index contributed by atoms with van der Waals surface area (Å²) in [5, 5.41) is 9.51. The number of nitrogens with two attached hydrogens (primary N) is 1. The van der Waals surface area contributed by atoms with Crippen LogP contribution in [0.15, 0.2) is 18.2 Å². The fraction of sp³-hybridized carbons (Fsp3) is 0.533. The largest absolute Gasteiger partial charge is 0.399 e. The molecule has 2 unspecified atom stereocenters. The van der Waals surface area contributed by atoms with Crippen molar-refractivity contribution in [3.8, 4) is 0 Å². The van der Waals surface area contributed by atoms with Crippen LogP contribution in [0.2, 0.25) is 0 Å². The molecule has 20 heavy (non-hydrogen) atoms. The van der Waals surface area contributed by atoms with Gasteiger partial charge in [-0.25, -0.2) is 0 Å². The molecule has 5 nitrogen and oxygen atoms in total. The zero-order valence-corrected chi connectivity index (χ0v) is 12.3. The zero-order chi connectivity index (χ0) is 14.9. The van der Waals surface area contributed by atoms with Crippen molar-refractivity contribution in [3.05, 3.63) is 23.8 Å². The summed E-state index contributed by atoms with van der Waals surface area (Å²) < 4.78 is 0. The van der Waals surface area contributed by atoms with Crippen molar-refractivity contribution in [2.24, 2.45) is 5.92 Å². The number of anilines is 2. The van der Waals surface area contributed by atoms with Crippen LogP contribution in [0.4, 0.5) is 11.4 Å². The molecule has 1 amide bonds. The molecule has 0 bridgehead atoms. The highest BCUT2D eigenvalue weighted by Crippen LogP contribution is 2.29. The average Bonchev–Trinajstić information content (AvgIpc) is 2.78. The monoisotopic (exact) mass is 277 g/mol. The lowest BCUT2D eigenvalue weighted by Gasteiger charge is -2.27. The van der Waals surface area contributed by atoms with Crippen molar-refractivity contribution < 1.29 is 9.90 Å². The second-order valence-electron chi connectivity index (χ2n) is 5.69. The molecule has 1 fully saturated rings. The van der Waals surface area contributed by atoms with Crippen LogP contribution < -0.4 is 10.6 Å². The van der Waals surface area contributed by atoms with Gasteiger partial charge in [0.15, 0.2) is 0 Å². The molecule has 1 heterocycles. The van der Waals surface area contributed by atoms with Crippen LogP contribution in [0.3, 0.4) is 0 Å². The third-order valence-corrected chi connectivity index (χ3v) is 4.06. The maximum absolute atomic E-state index is 12.8. The SMILES string of the molecule is CC1CCN(C(=O)c2cc(N)ccc2N(C)C)C1CO. The molecule has 3 N–H and O–H groups in total. The van der Waals surface area contributed by atoms with Crippen molar-refractivity contribution in [2.75, 3.05) is 37.9 Å². The quantitative estimate of drug-likeness (QED) is 0.814. The second kappa shape index (κ2) is 5.71. The molecule has 2 atom stereocenters. The van der Waals surface area contributed by atoms with Crippen molar-refractivity contribution in [1.29, 1.82) is 0 Å². The predicted molar refractivity (Wildman–Crippen MR) is 80.9 cm³/mol. The van der Waals surface area contributed by atoms with Gasteiger partial charge >= 0.3 is 0 Å². The number of rotatable bonds is 3. The Morgan fingerprint density at radius 2 is 2.20 bits per heavy atom. The van der Waals surface area contributed by atoms with Crippen LogP contribution in [-0.2, 0) is 0 Å². The number of benzene rings is 1. The Morgan fingerprint density at radius 1 is 1.50 bits per heavy atom. The molecule has 0 saturated carbocycles. The van der Waals surface area contributed by atoms with Crippen LogP contribution in [0.25, 0.3) is 0 Å². The molecule has 1 aromatic carbocycles. The van der Waals surface area contributed by atoms with E-state index >= 15 is 0 Å². The number of carbonyl (C=O) groups excluding carboxylic acids is 1. The topological polar surface area (TPSA) is 69.8 Å². The van der Waals surface area contributed by atoms with Crippen molar-refractivity contribution in [2.45, 2.75) is 19.4 Å². The van der Waals surface area contributed by atoms with E-state index in [-0.39, 0.29) is 18.6 Å². The van der Waals surface area contributed by atoms with Crippen LogP contribution in [0.1, 0.15) is 23.7 Å². The van der Waals surface area contributed by atoms with Gasteiger partial charge in [-0.1, -0.05) is 6.92 Å². The Morgan fingerprint density at radius 3 is 2.80 bits per heavy atom. The Hall–Kier alpha value is -1.75. The molecule has 0 aromatic heterocycles. The summed E-state index contributed by atoms with van der Waals surface area (Å²) in [5.74, 6) is 0.275. The Labute approximate surface area is 120 Å². The van der Waals surface area contributed by atoms with E-state index in [2.05, 4.69) is 6.92 Å². The van der Waals surface area contributed by atoms with Crippen LogP contribution in [0, 0.1) is 5.92 Å². The van der Waals surface area contributed by atoms with Crippen LogP contribution in [0.5, 0.6) is 0 Å². The number of aliphatic hydroxyl groups excluding tert-OH is 1. The van der Waals surface area contributed by atoms with Crippen molar-refractivity contribution in [1.82, 2.24) is 4.90 Å². The highest BCUT2D eigenvalue weighted by Gasteiger charge is 2.35. The highest BCUT2D eigenvalue weighted by atomic mass is 16.3. The van der Waals surface area contributed by atoms with Gasteiger partial charge in [-0.3, -0.25) is 4.79 Å². The Bertz CT molecular complexity index is 502. The Kier molecular flexibility index (Phi) is 4.18. The second-order valence-corrected chi connectivity index (χ2v) is 5.69. The van der Waals surface area contributed by atoms with Gasteiger partial charge in [0, 0.05) is 32.0 Å². The van der Waals surface area contributed by atoms with Gasteiger partial charge in [0.1, 0.15) is 0 Å². The lowest BCUT2D eigenvalue weighted by molar-refractivity contribution is 0.0649. The summed E-state index contributed by atoms with van der Waals surface area (Å²) in [6.07, 6.45) is 0.927. The van der Waals surface area contributed by atoms with Gasteiger partial charge in [0.25, 0.3) is 5.91 Å². The van der Waals surface area contributed by atoms with Crippen molar-refractivity contribution >= 4 is 17.3 Å². The lowest BCUT2D eigenvalue weighted by Crippen LogP contribution is -2.40. The molecule has 0 radical (unpaired) electrons. The summed E-state index contributed by atoms with van der Waals surface area (Å²) in [6.45, 7) is 2.76. The van der Waals surface area contributed by atoms with E-state index in [9.17, 15) is 9.90 Å². The van der Waals surface area contributed by atoms with E-state index in [1.807, 2.05) is 25.1 Å². The molecule has 110 valence electrons. The van der Waals surface area contributed by atoms with E-state index in [1.54, 1.807) is 17.0 Å². The maximum Gasteiger partial charge on any atom is 0.256 e. The number of amides is 1. The zero-order valence-electron chi connectivity index (χ0n) is 12.3. The minimum absolute atomic E-state index is 0.00647. The number of carbonyl (C=O) groups is 1. The van der Waals surface area contributed by atoms with Gasteiger partial charge in [-0.05, 0) is 30.5 Å². The number of hydrogen-bond donors (Lipinski definition) is 2. The highest BCUT2D eigenvalue weighted by molar-refractivity contribution is 6.01. The molecule has 1 aliphatic rings. The number of aliphatic hydroxyl groups is 1. The maximum atomic E-state index is 12.8. The smallest absolute Gasteiger partial charge is 0.256 e. The summed E-state index contributed by atoms with van der Waals surface area (Å²) in [7, 11) is 3.80. The van der Waals surface area contributed by atoms with Gasteiger partial charge in [0.05, 0.1) is 18.2 Å². The molecule has 0 spiro atoms. The van der Waals surface area contributed by atoms with E-state index < -0.39 is 0 Å². The molecule has 1 aromatic rings. The average molecular weight is 277 g/mol. The summed E-state index contributed by atoms with van der Waals surface area (Å²) in [4.78, 5) is 16.4. The first-order chi connectivity index (χ1) is 9.45. The van der Waals surface area contributed by atoms with E-state index in [0.29, 0.717) is 23.7 Å². The molecule has 1 saturated heterocycles. The summed E-state index contributed by atoms with van der Waals surface area (Å²) in [6, 6.07) is 5.27. The molecular weight excluding hydrogens is 254 g/mol. The summed E-state index contributed by atoms with van der Waals surface area (Å²) >= 11 is 0. The first kappa shape index (κ1) is 14.7. The molecule has 0 aliphatic carbocycles. The fourth-order valence-corrected chi connectivity index (χ4v) is 2.81. The number of nitrogens with zero attached hydrogens (tertiary/aromatic N) is 2. The molecule has 2 rings (SSSR count). The van der Waals surface area contributed by atoms with Gasteiger partial charge in [-0.15, -0.1) is 0 Å². The molecule has 1 aliphatic heterocycles. The third kappa shape index (κ3) is 2.58. The van der Waals surface area contributed by atoms with Gasteiger partial charge < -0.3 is 20.6 Å². The number of hydrogen-bond acceptors (Lipinski definition) is 4. The molecule has 5 heteroatoms. The minimum atomic E-state index is -0.0982. The number of nitrogen functional groups attached to an aromatic ring is 1. The minimum Gasteiger partial charge on any atom is -0.399 e. The first-order valence-electron chi connectivity index (χ1n) is 6.94. The predicted octanol–water partition coefficient (Wildman–Crippen LogP) is 1.18. The number of likely N-dealkylation sites (tertiary alicyclic amines) is 1. The standard InChI is InChI=1S/C15H23N3O2/c1-10-6-7-18(14(10)9-19)15(20)12-8-11(16)4-5-13(12)17(2)3/h4-5,8,10,14,19H,6-7,9,16H2,1-3H3. The molecular formula is C15H23N3O2. The van der Waals surface area contributed by atoms with E-state index in [4.69, 9.17) is 5.73 Å². The Balaban J connectivity index is 2.36. The van der Waals surface area contributed by atoms with E-state index in [0.717, 1.165) is 12.1 Å². The normalized spacial score (nSPS) is 22.1. The van der Waals surface area contributed by atoms with Crippen LogP contribution in [-0.4, -0.2) is 49.2 Å². The third-order valence-electron chi connectivity index (χ3n) is 4.06. The fourth-order valence-electron chi connectivity index (χ4n) is 2.81. The van der Waals surface area contributed by atoms with Crippen LogP contribution >= 0.6 is 0 Å². The van der Waals surface area contributed by atoms with Gasteiger partial charge in [0.2, 0.25) is 0 Å². The summed E-state index contributed by atoms with van der Waals surface area (Å²) in [5.41, 5.74) is 7.84. The lowest BCUT2D eigenvalue weighted by atomic mass is 10.0. The van der Waals surface area contributed by atoms with Gasteiger partial charge in [-0.2, -0.15) is 0 Å². The van der Waals surface area contributed by atoms with E-state index in [1.165, 1.54) is 0 Å².